The van der Waals surface area contributed by atoms with E-state index >= 15 is 0 Å². The topological polar surface area (TPSA) is 21.6 Å². The maximum absolute atomic E-state index is 5.39. The van der Waals surface area contributed by atoms with Crippen LogP contribution in [0, 0.1) is 5.92 Å². The average Bonchev–Trinajstić information content (AvgIpc) is 1.84. The molecule has 0 aromatic carbocycles. The molecule has 0 bridgehead atoms. The van der Waals surface area contributed by atoms with Gasteiger partial charge in [-0.2, -0.15) is 0 Å². The molecule has 0 aromatic rings. The lowest BCUT2D eigenvalue weighted by Crippen LogP contribution is -2.09. The fourth-order valence-corrected chi connectivity index (χ4v) is 0.800. The van der Waals surface area contributed by atoms with E-state index in [-0.39, 0.29) is 0 Å². The number of aliphatic imine (C=N–C) groups is 1. The molecule has 0 fully saturated rings. The zero-order chi connectivity index (χ0) is 9.56. The second-order valence-corrected chi connectivity index (χ2v) is 3.49. The standard InChI is InChI=1S/C9H18BNO/c1-7(2)5-12-6-8(3)11-9(4)10/h7H,4-6,10H2,1-3H3/b11-8+. The molecule has 0 saturated heterocycles. The Morgan fingerprint density at radius 1 is 1.58 bits per heavy atom. The largest absolute Gasteiger partial charge is 0.375 e. The molecule has 0 atom stereocenters. The van der Waals surface area contributed by atoms with Crippen LogP contribution in [0.5, 0.6) is 0 Å². The monoisotopic (exact) mass is 167 g/mol. The van der Waals surface area contributed by atoms with Crippen LogP contribution in [0.2, 0.25) is 0 Å². The third-order valence-electron chi connectivity index (χ3n) is 1.14. The maximum Gasteiger partial charge on any atom is 0.163 e. The molecule has 0 amide bonds. The molecule has 0 rings (SSSR count). The molecule has 0 spiro atoms. The SMILES string of the molecule is BC(=C)/N=C(\C)COCC(C)C. The number of rotatable bonds is 5. The molecule has 2 nitrogen and oxygen atoms in total. The van der Waals surface area contributed by atoms with Crippen LogP contribution in [0.1, 0.15) is 20.8 Å². The molecule has 0 heterocycles. The number of hydrogen-bond donors (Lipinski definition) is 0. The number of nitrogens with zero attached hydrogens (tertiary/aromatic N) is 1. The van der Waals surface area contributed by atoms with Crippen LogP contribution in [0.3, 0.4) is 0 Å². The van der Waals surface area contributed by atoms with Crippen molar-refractivity contribution in [2.45, 2.75) is 20.8 Å². The maximum atomic E-state index is 5.39. The van der Waals surface area contributed by atoms with E-state index in [1.165, 1.54) is 0 Å². The van der Waals surface area contributed by atoms with E-state index in [1.54, 1.807) is 0 Å². The van der Waals surface area contributed by atoms with E-state index in [2.05, 4.69) is 25.4 Å². The molecule has 0 saturated carbocycles. The normalized spacial score (nSPS) is 12.2. The Morgan fingerprint density at radius 2 is 2.17 bits per heavy atom. The third kappa shape index (κ3) is 7.54. The van der Waals surface area contributed by atoms with Gasteiger partial charge in [0, 0.05) is 12.3 Å². The minimum absolute atomic E-state index is 0.586. The first-order valence-corrected chi connectivity index (χ1v) is 4.29. The van der Waals surface area contributed by atoms with Gasteiger partial charge < -0.3 is 4.74 Å². The van der Waals surface area contributed by atoms with Crippen molar-refractivity contribution in [2.75, 3.05) is 13.2 Å². The predicted octanol–water partition coefficient (Wildman–Crippen LogP) is 1.22. The van der Waals surface area contributed by atoms with Crippen molar-refractivity contribution >= 4 is 13.6 Å². The molecule has 3 heteroatoms. The van der Waals surface area contributed by atoms with Gasteiger partial charge in [0.15, 0.2) is 7.85 Å². The molecule has 0 aliphatic carbocycles. The minimum atomic E-state index is 0.586. The van der Waals surface area contributed by atoms with E-state index in [4.69, 9.17) is 4.74 Å². The van der Waals surface area contributed by atoms with Crippen molar-refractivity contribution in [1.82, 2.24) is 0 Å². The summed E-state index contributed by atoms with van der Waals surface area (Å²) in [6.45, 7) is 11.3. The Hall–Kier alpha value is -0.565. The third-order valence-corrected chi connectivity index (χ3v) is 1.14. The van der Waals surface area contributed by atoms with Crippen LogP contribution in [0.15, 0.2) is 17.2 Å². The van der Waals surface area contributed by atoms with Gasteiger partial charge in [-0.15, -0.1) is 0 Å². The van der Waals surface area contributed by atoms with E-state index in [9.17, 15) is 0 Å². The zero-order valence-electron chi connectivity index (χ0n) is 8.55. The van der Waals surface area contributed by atoms with Gasteiger partial charge in [-0.05, 0) is 18.4 Å². The van der Waals surface area contributed by atoms with Gasteiger partial charge in [0.25, 0.3) is 0 Å². The highest BCUT2D eigenvalue weighted by atomic mass is 16.5. The summed E-state index contributed by atoms with van der Waals surface area (Å²) in [5, 5.41) is 0. The average molecular weight is 167 g/mol. The number of hydrogen-bond acceptors (Lipinski definition) is 2. The van der Waals surface area contributed by atoms with Crippen LogP contribution in [-0.2, 0) is 4.74 Å². The van der Waals surface area contributed by atoms with Gasteiger partial charge in [-0.1, -0.05) is 20.4 Å². The molecular weight excluding hydrogens is 149 g/mol. The first kappa shape index (κ1) is 11.4. The van der Waals surface area contributed by atoms with Gasteiger partial charge in [-0.25, -0.2) is 0 Å². The Balaban J connectivity index is 3.57. The Bertz CT molecular complexity index is 175. The molecule has 0 aromatic heterocycles. The summed E-state index contributed by atoms with van der Waals surface area (Å²) in [5.41, 5.74) is 1.82. The van der Waals surface area contributed by atoms with Crippen molar-refractivity contribution in [3.05, 3.63) is 12.2 Å². The van der Waals surface area contributed by atoms with E-state index in [0.717, 1.165) is 17.9 Å². The van der Waals surface area contributed by atoms with Crippen LogP contribution in [0.4, 0.5) is 0 Å². The van der Waals surface area contributed by atoms with Gasteiger partial charge in [-0.3, -0.25) is 4.99 Å². The molecule has 0 unspecified atom stereocenters. The zero-order valence-corrected chi connectivity index (χ0v) is 8.55. The van der Waals surface area contributed by atoms with Gasteiger partial charge in [0.05, 0.1) is 6.61 Å². The van der Waals surface area contributed by atoms with E-state index < -0.39 is 0 Å². The van der Waals surface area contributed by atoms with Crippen molar-refractivity contribution in [2.24, 2.45) is 10.9 Å². The molecule has 0 aliphatic heterocycles. The molecule has 12 heavy (non-hydrogen) atoms. The first-order valence-electron chi connectivity index (χ1n) is 4.29. The summed E-state index contributed by atoms with van der Waals surface area (Å²) in [6, 6.07) is 0. The van der Waals surface area contributed by atoms with Crippen molar-refractivity contribution in [3.8, 4) is 0 Å². The summed E-state index contributed by atoms with van der Waals surface area (Å²) >= 11 is 0. The summed E-state index contributed by atoms with van der Waals surface area (Å²) in [5.74, 6) is 0.586. The molecular formula is C9H18BNO. The van der Waals surface area contributed by atoms with Crippen molar-refractivity contribution < 1.29 is 4.74 Å². The number of ether oxygens (including phenoxy) is 1. The summed E-state index contributed by atoms with van der Waals surface area (Å²) < 4.78 is 5.39. The van der Waals surface area contributed by atoms with Gasteiger partial charge >= 0.3 is 0 Å². The Kier molecular flexibility index (Phi) is 5.72. The van der Waals surface area contributed by atoms with Crippen LogP contribution in [-0.4, -0.2) is 26.8 Å². The van der Waals surface area contributed by atoms with Crippen LogP contribution < -0.4 is 0 Å². The summed E-state index contributed by atoms with van der Waals surface area (Å²) in [4.78, 5) is 4.17. The smallest absolute Gasteiger partial charge is 0.163 e. The molecule has 0 aliphatic rings. The quantitative estimate of drug-likeness (QED) is 0.445. The van der Waals surface area contributed by atoms with Gasteiger partial charge in [0.2, 0.25) is 0 Å². The highest BCUT2D eigenvalue weighted by Gasteiger charge is 1.95. The van der Waals surface area contributed by atoms with Crippen LogP contribution >= 0.6 is 0 Å². The Morgan fingerprint density at radius 3 is 2.58 bits per heavy atom. The predicted molar refractivity (Wildman–Crippen MR) is 56.5 cm³/mol. The summed E-state index contributed by atoms with van der Waals surface area (Å²) in [6.07, 6.45) is 0. The fraction of sp³-hybridized carbons (Fsp3) is 0.667. The van der Waals surface area contributed by atoms with Crippen molar-refractivity contribution in [1.29, 1.82) is 0 Å². The fourth-order valence-electron chi connectivity index (χ4n) is 0.800. The molecule has 0 N–H and O–H groups in total. The van der Waals surface area contributed by atoms with Crippen molar-refractivity contribution in [3.63, 3.8) is 0 Å². The lowest BCUT2D eigenvalue weighted by molar-refractivity contribution is 0.143. The lowest BCUT2D eigenvalue weighted by Gasteiger charge is -2.06. The highest BCUT2D eigenvalue weighted by Crippen LogP contribution is 1.93. The lowest BCUT2D eigenvalue weighted by atomic mass is 10.1. The Labute approximate surface area is 76.1 Å². The van der Waals surface area contributed by atoms with E-state index in [1.807, 2.05) is 14.8 Å². The van der Waals surface area contributed by atoms with Crippen LogP contribution in [0.25, 0.3) is 0 Å². The highest BCUT2D eigenvalue weighted by molar-refractivity contribution is 6.21. The minimum Gasteiger partial charge on any atom is -0.375 e. The second-order valence-electron chi connectivity index (χ2n) is 3.49. The second kappa shape index (κ2) is 6.01. The first-order chi connectivity index (χ1) is 5.52. The summed E-state index contributed by atoms with van der Waals surface area (Å²) in [7, 11) is 1.88. The van der Waals surface area contributed by atoms with E-state index in [0.29, 0.717) is 12.5 Å². The van der Waals surface area contributed by atoms with Gasteiger partial charge in [0.1, 0.15) is 0 Å². The molecule has 0 radical (unpaired) electrons. The molecule has 68 valence electrons.